The van der Waals surface area contributed by atoms with Crippen molar-refractivity contribution in [3.8, 4) is 11.1 Å². The van der Waals surface area contributed by atoms with Crippen LogP contribution in [0.1, 0.15) is 31.4 Å². The van der Waals surface area contributed by atoms with Crippen molar-refractivity contribution in [3.05, 3.63) is 46.5 Å². The second kappa shape index (κ2) is 9.05. The minimum absolute atomic E-state index is 0.192. The van der Waals surface area contributed by atoms with Crippen LogP contribution in [-0.2, 0) is 0 Å². The number of amides is 2. The first-order valence-corrected chi connectivity index (χ1v) is 9.84. The van der Waals surface area contributed by atoms with Crippen molar-refractivity contribution in [2.24, 2.45) is 0 Å². The number of nitrogens with zero attached hydrogens (tertiary/aromatic N) is 4. The Morgan fingerprint density at radius 1 is 1.25 bits per heavy atom. The highest BCUT2D eigenvalue weighted by Crippen LogP contribution is 2.37. The van der Waals surface area contributed by atoms with Crippen LogP contribution in [0.4, 0.5) is 4.79 Å². The highest BCUT2D eigenvalue weighted by Gasteiger charge is 2.27. The Hall–Kier alpha value is -1.93. The average Bonchev–Trinajstić information content (AvgIpc) is 2.70. The van der Waals surface area contributed by atoms with E-state index < -0.39 is 12.1 Å². The lowest BCUT2D eigenvalue weighted by Gasteiger charge is -2.34. The number of likely N-dealkylation sites (tertiary alicyclic amines) is 1. The monoisotopic (exact) mass is 423 g/mol. The Morgan fingerprint density at radius 3 is 2.54 bits per heavy atom. The maximum Gasteiger partial charge on any atom is 0.341 e. The van der Waals surface area contributed by atoms with Gasteiger partial charge in [-0.25, -0.2) is 19.8 Å². The summed E-state index contributed by atoms with van der Waals surface area (Å²) in [5.74, 6) is 0. The lowest BCUT2D eigenvalue weighted by molar-refractivity contribution is -0.0919. The summed E-state index contributed by atoms with van der Waals surface area (Å²) in [5, 5.41) is 14.6. The summed E-state index contributed by atoms with van der Waals surface area (Å²) >= 11 is 12.9. The fraction of sp³-hybridized carbons (Fsp3) is 0.421. The number of halogens is 2. The van der Waals surface area contributed by atoms with Gasteiger partial charge in [-0.05, 0) is 45.5 Å². The Balaban J connectivity index is 1.71. The van der Waals surface area contributed by atoms with Gasteiger partial charge in [-0.1, -0.05) is 35.3 Å². The van der Waals surface area contributed by atoms with Crippen LogP contribution < -0.4 is 5.32 Å². The zero-order valence-electron chi connectivity index (χ0n) is 15.8. The van der Waals surface area contributed by atoms with Gasteiger partial charge in [0.15, 0.2) is 0 Å². The topological polar surface area (TPSA) is 81.6 Å². The number of urea groups is 1. The third-order valence-corrected chi connectivity index (χ3v) is 5.93. The summed E-state index contributed by atoms with van der Waals surface area (Å²) < 4.78 is 0. The molecule has 1 unspecified atom stereocenters. The second-order valence-corrected chi connectivity index (χ2v) is 7.76. The molecule has 1 aromatic carbocycles. The van der Waals surface area contributed by atoms with Gasteiger partial charge in [0.05, 0.1) is 22.1 Å². The van der Waals surface area contributed by atoms with Crippen LogP contribution in [0.25, 0.3) is 11.1 Å². The molecule has 7 nitrogen and oxygen atoms in total. The molecule has 0 aliphatic carbocycles. The molecule has 1 aliphatic rings. The summed E-state index contributed by atoms with van der Waals surface area (Å²) in [5.41, 5.74) is 2.13. The maximum atomic E-state index is 12.5. The minimum atomic E-state index is -0.547. The van der Waals surface area contributed by atoms with Gasteiger partial charge in [0.25, 0.3) is 0 Å². The minimum Gasteiger partial charge on any atom is -0.330 e. The predicted molar refractivity (Wildman–Crippen MR) is 109 cm³/mol. The molecular formula is C19H23Cl2N5O2. The number of aromatic nitrogens is 2. The number of carbonyl (C=O) groups is 1. The number of benzene rings is 1. The van der Waals surface area contributed by atoms with Crippen LogP contribution in [0.3, 0.4) is 0 Å². The Kier molecular flexibility index (Phi) is 6.72. The van der Waals surface area contributed by atoms with Crippen molar-refractivity contribution in [1.29, 1.82) is 0 Å². The summed E-state index contributed by atoms with van der Waals surface area (Å²) in [4.78, 5) is 22.6. The fourth-order valence-electron chi connectivity index (χ4n) is 3.29. The van der Waals surface area contributed by atoms with Crippen molar-refractivity contribution in [3.63, 3.8) is 0 Å². The molecule has 0 saturated carbocycles. The molecule has 1 fully saturated rings. The van der Waals surface area contributed by atoms with Crippen LogP contribution in [0.15, 0.2) is 30.9 Å². The van der Waals surface area contributed by atoms with Gasteiger partial charge in [-0.3, -0.25) is 5.21 Å². The van der Waals surface area contributed by atoms with E-state index in [1.165, 1.54) is 6.33 Å². The van der Waals surface area contributed by atoms with E-state index in [-0.39, 0.29) is 6.04 Å². The van der Waals surface area contributed by atoms with Gasteiger partial charge in [-0.2, -0.15) is 0 Å². The molecule has 2 N–H and O–H groups in total. The van der Waals surface area contributed by atoms with Gasteiger partial charge in [-0.15, -0.1) is 0 Å². The number of hydrogen-bond donors (Lipinski definition) is 2. The van der Waals surface area contributed by atoms with E-state index in [0.29, 0.717) is 21.2 Å². The van der Waals surface area contributed by atoms with Gasteiger partial charge in [0, 0.05) is 23.5 Å². The molecule has 28 heavy (non-hydrogen) atoms. The number of piperidine rings is 1. The van der Waals surface area contributed by atoms with Crippen LogP contribution in [0, 0.1) is 0 Å². The Labute approximate surface area is 174 Å². The molecule has 1 atom stereocenters. The normalized spacial score (nSPS) is 16.6. The highest BCUT2D eigenvalue weighted by atomic mass is 35.5. The number of hydrogen-bond acceptors (Lipinski definition) is 5. The number of hydroxylamine groups is 2. The predicted octanol–water partition coefficient (Wildman–Crippen LogP) is 4.01. The quantitative estimate of drug-likeness (QED) is 0.573. The molecule has 2 amide bonds. The van der Waals surface area contributed by atoms with E-state index in [2.05, 4.69) is 20.2 Å². The molecule has 1 aromatic heterocycles. The van der Waals surface area contributed by atoms with Gasteiger partial charge in [0.1, 0.15) is 6.33 Å². The SMILES string of the molecule is CC(NC(=O)N(O)C1CCN(C)CC1)c1ccc(-c2cncnc2)c(Cl)c1Cl. The molecule has 1 saturated heterocycles. The lowest BCUT2D eigenvalue weighted by Crippen LogP contribution is -2.48. The van der Waals surface area contributed by atoms with Crippen molar-refractivity contribution in [2.45, 2.75) is 31.8 Å². The molecule has 2 heterocycles. The summed E-state index contributed by atoms with van der Waals surface area (Å²) in [6.45, 7) is 3.48. The third-order valence-electron chi connectivity index (χ3n) is 5.03. The third kappa shape index (κ3) is 4.55. The zero-order valence-corrected chi connectivity index (χ0v) is 17.3. The summed E-state index contributed by atoms with van der Waals surface area (Å²) in [7, 11) is 2.02. The molecule has 0 radical (unpaired) electrons. The van der Waals surface area contributed by atoms with E-state index in [1.54, 1.807) is 25.4 Å². The smallest absolute Gasteiger partial charge is 0.330 e. The molecular weight excluding hydrogens is 401 g/mol. The van der Waals surface area contributed by atoms with Crippen LogP contribution in [0.5, 0.6) is 0 Å². The molecule has 1 aliphatic heterocycles. The van der Waals surface area contributed by atoms with E-state index in [9.17, 15) is 10.0 Å². The standard InChI is InChI=1S/C19H23Cl2N5O2/c1-12(24-19(27)26(28)14-5-7-25(2)8-6-14)15-3-4-16(18(21)17(15)20)13-9-22-11-23-10-13/h3-4,9-12,14,28H,5-8H2,1-2H3,(H,24,27). The fourth-order valence-corrected chi connectivity index (χ4v) is 3.90. The van der Waals surface area contributed by atoms with Crippen LogP contribution >= 0.6 is 23.2 Å². The molecule has 0 bridgehead atoms. The first-order chi connectivity index (χ1) is 13.4. The Morgan fingerprint density at radius 2 is 1.89 bits per heavy atom. The molecule has 3 rings (SSSR count). The van der Waals surface area contributed by atoms with Crippen molar-refractivity contribution in [2.75, 3.05) is 20.1 Å². The van der Waals surface area contributed by atoms with Crippen molar-refractivity contribution >= 4 is 29.2 Å². The number of carbonyl (C=O) groups excluding carboxylic acids is 1. The van der Waals surface area contributed by atoms with Gasteiger partial charge >= 0.3 is 6.03 Å². The summed E-state index contributed by atoms with van der Waals surface area (Å²) in [6, 6.07) is 2.45. The number of nitrogens with one attached hydrogen (secondary N) is 1. The van der Waals surface area contributed by atoms with Crippen molar-refractivity contribution in [1.82, 2.24) is 25.2 Å². The maximum absolute atomic E-state index is 12.5. The van der Waals surface area contributed by atoms with E-state index in [4.69, 9.17) is 23.2 Å². The largest absolute Gasteiger partial charge is 0.341 e. The zero-order chi connectivity index (χ0) is 20.3. The Bertz CT molecular complexity index is 829. The van der Waals surface area contributed by atoms with E-state index >= 15 is 0 Å². The van der Waals surface area contributed by atoms with Crippen LogP contribution in [0.2, 0.25) is 10.0 Å². The average molecular weight is 424 g/mol. The molecule has 150 valence electrons. The first kappa shape index (κ1) is 20.8. The van der Waals surface area contributed by atoms with Gasteiger partial charge in [0.2, 0.25) is 0 Å². The highest BCUT2D eigenvalue weighted by molar-refractivity contribution is 6.44. The van der Waals surface area contributed by atoms with Crippen LogP contribution in [-0.4, -0.2) is 57.3 Å². The van der Waals surface area contributed by atoms with E-state index in [1.807, 2.05) is 13.1 Å². The first-order valence-electron chi connectivity index (χ1n) is 9.09. The summed E-state index contributed by atoms with van der Waals surface area (Å²) in [6.07, 6.45) is 6.21. The second-order valence-electron chi connectivity index (χ2n) is 7.01. The molecule has 2 aromatic rings. The molecule has 9 heteroatoms. The van der Waals surface area contributed by atoms with Gasteiger partial charge < -0.3 is 10.2 Å². The van der Waals surface area contributed by atoms with E-state index in [0.717, 1.165) is 36.6 Å². The number of rotatable bonds is 4. The van der Waals surface area contributed by atoms with Crippen molar-refractivity contribution < 1.29 is 10.0 Å². The molecule has 0 spiro atoms. The lowest BCUT2D eigenvalue weighted by atomic mass is 10.0.